The van der Waals surface area contributed by atoms with Crippen LogP contribution < -0.4 is 5.32 Å². The standard InChI is InChI=1S/C15H27N/c1-4-5-6-10-16-15-9-7-8-14(12-15)11-13(2)3/h13-16H,6-12H2,1-3H3. The van der Waals surface area contributed by atoms with Crippen LogP contribution >= 0.6 is 0 Å². The predicted molar refractivity (Wildman–Crippen MR) is 71.3 cm³/mol. The molecule has 1 fully saturated rings. The van der Waals surface area contributed by atoms with Crippen molar-refractivity contribution in [2.45, 2.75) is 65.3 Å². The van der Waals surface area contributed by atoms with E-state index in [0.29, 0.717) is 0 Å². The van der Waals surface area contributed by atoms with E-state index in [1.165, 1.54) is 32.1 Å². The molecule has 2 atom stereocenters. The molecule has 0 spiro atoms. The molecule has 1 aliphatic rings. The third kappa shape index (κ3) is 5.56. The Kier molecular flexibility index (Phi) is 6.57. The Morgan fingerprint density at radius 3 is 2.81 bits per heavy atom. The first-order valence-electron chi connectivity index (χ1n) is 6.85. The van der Waals surface area contributed by atoms with Gasteiger partial charge in [0.05, 0.1) is 0 Å². The van der Waals surface area contributed by atoms with Gasteiger partial charge in [0.1, 0.15) is 0 Å². The average molecular weight is 221 g/mol. The topological polar surface area (TPSA) is 12.0 Å². The molecule has 0 aromatic carbocycles. The van der Waals surface area contributed by atoms with Crippen molar-refractivity contribution in [2.24, 2.45) is 11.8 Å². The maximum absolute atomic E-state index is 3.66. The zero-order valence-corrected chi connectivity index (χ0v) is 11.2. The summed E-state index contributed by atoms with van der Waals surface area (Å²) in [5.41, 5.74) is 0. The fraction of sp³-hybridized carbons (Fsp3) is 0.867. The summed E-state index contributed by atoms with van der Waals surface area (Å²) in [6.45, 7) is 7.67. The molecular weight excluding hydrogens is 194 g/mol. The molecule has 0 radical (unpaired) electrons. The van der Waals surface area contributed by atoms with E-state index in [-0.39, 0.29) is 0 Å². The van der Waals surface area contributed by atoms with E-state index in [2.05, 4.69) is 31.0 Å². The van der Waals surface area contributed by atoms with E-state index in [1.807, 2.05) is 6.92 Å². The molecule has 0 aromatic heterocycles. The van der Waals surface area contributed by atoms with Crippen molar-refractivity contribution in [1.82, 2.24) is 5.32 Å². The molecule has 0 aromatic rings. The molecule has 0 amide bonds. The van der Waals surface area contributed by atoms with Gasteiger partial charge in [0.25, 0.3) is 0 Å². The van der Waals surface area contributed by atoms with Gasteiger partial charge in [-0.1, -0.05) is 26.7 Å². The third-order valence-electron chi connectivity index (χ3n) is 3.45. The maximum Gasteiger partial charge on any atom is 0.0214 e. The Morgan fingerprint density at radius 1 is 1.31 bits per heavy atom. The summed E-state index contributed by atoms with van der Waals surface area (Å²) in [5, 5.41) is 3.66. The quantitative estimate of drug-likeness (QED) is 0.552. The largest absolute Gasteiger partial charge is 0.313 e. The van der Waals surface area contributed by atoms with Crippen molar-refractivity contribution in [2.75, 3.05) is 6.54 Å². The molecule has 0 saturated heterocycles. The van der Waals surface area contributed by atoms with Gasteiger partial charge in [-0.2, -0.15) is 0 Å². The van der Waals surface area contributed by atoms with Crippen LogP contribution in [-0.4, -0.2) is 12.6 Å². The zero-order chi connectivity index (χ0) is 11.8. The van der Waals surface area contributed by atoms with Crippen molar-refractivity contribution in [3.8, 4) is 11.8 Å². The second-order valence-electron chi connectivity index (χ2n) is 5.49. The summed E-state index contributed by atoms with van der Waals surface area (Å²) in [4.78, 5) is 0. The summed E-state index contributed by atoms with van der Waals surface area (Å²) >= 11 is 0. The van der Waals surface area contributed by atoms with E-state index in [0.717, 1.165) is 30.8 Å². The van der Waals surface area contributed by atoms with E-state index < -0.39 is 0 Å². The molecule has 0 heterocycles. The Hall–Kier alpha value is -0.480. The van der Waals surface area contributed by atoms with Gasteiger partial charge in [-0.15, -0.1) is 11.8 Å². The molecule has 1 nitrogen and oxygen atoms in total. The molecule has 1 aliphatic carbocycles. The molecular formula is C15H27N. The van der Waals surface area contributed by atoms with Gasteiger partial charge in [0.2, 0.25) is 0 Å². The van der Waals surface area contributed by atoms with Crippen LogP contribution in [0.3, 0.4) is 0 Å². The highest BCUT2D eigenvalue weighted by molar-refractivity contribution is 4.95. The summed E-state index contributed by atoms with van der Waals surface area (Å²) in [7, 11) is 0. The molecule has 1 rings (SSSR count). The Balaban J connectivity index is 2.18. The van der Waals surface area contributed by atoms with Crippen molar-refractivity contribution in [3.63, 3.8) is 0 Å². The Labute approximate surface area is 101 Å². The smallest absolute Gasteiger partial charge is 0.0214 e. The SMILES string of the molecule is CC#CCCNC1CCCC(CC(C)C)C1. The summed E-state index contributed by atoms with van der Waals surface area (Å²) < 4.78 is 0. The van der Waals surface area contributed by atoms with Crippen LogP contribution in [0.25, 0.3) is 0 Å². The molecule has 1 saturated carbocycles. The lowest BCUT2D eigenvalue weighted by Crippen LogP contribution is -2.35. The van der Waals surface area contributed by atoms with Gasteiger partial charge < -0.3 is 5.32 Å². The number of hydrogen-bond acceptors (Lipinski definition) is 1. The Bertz CT molecular complexity index is 234. The van der Waals surface area contributed by atoms with Gasteiger partial charge in [0.15, 0.2) is 0 Å². The number of rotatable bonds is 5. The number of hydrogen-bond donors (Lipinski definition) is 1. The van der Waals surface area contributed by atoms with Gasteiger partial charge in [-0.25, -0.2) is 0 Å². The van der Waals surface area contributed by atoms with Crippen LogP contribution in [0.15, 0.2) is 0 Å². The zero-order valence-electron chi connectivity index (χ0n) is 11.2. The van der Waals surface area contributed by atoms with E-state index in [1.54, 1.807) is 0 Å². The maximum atomic E-state index is 3.66. The second-order valence-corrected chi connectivity index (χ2v) is 5.49. The van der Waals surface area contributed by atoms with Gasteiger partial charge in [-0.05, 0) is 38.0 Å². The van der Waals surface area contributed by atoms with E-state index >= 15 is 0 Å². The lowest BCUT2D eigenvalue weighted by Gasteiger charge is -2.30. The first-order chi connectivity index (χ1) is 7.72. The molecule has 92 valence electrons. The fourth-order valence-electron chi connectivity index (χ4n) is 2.82. The minimum Gasteiger partial charge on any atom is -0.313 e. The first-order valence-corrected chi connectivity index (χ1v) is 6.85. The lowest BCUT2D eigenvalue weighted by atomic mass is 9.81. The van der Waals surface area contributed by atoms with Crippen LogP contribution in [0.2, 0.25) is 0 Å². The van der Waals surface area contributed by atoms with Crippen molar-refractivity contribution in [1.29, 1.82) is 0 Å². The van der Waals surface area contributed by atoms with Crippen molar-refractivity contribution >= 4 is 0 Å². The lowest BCUT2D eigenvalue weighted by molar-refractivity contribution is 0.254. The highest BCUT2D eigenvalue weighted by atomic mass is 14.9. The highest BCUT2D eigenvalue weighted by Crippen LogP contribution is 2.29. The van der Waals surface area contributed by atoms with Crippen LogP contribution in [0, 0.1) is 23.7 Å². The second kappa shape index (κ2) is 7.74. The molecule has 0 aliphatic heterocycles. The average Bonchev–Trinajstić information content (AvgIpc) is 2.24. The molecule has 1 heteroatoms. The number of nitrogens with one attached hydrogen (secondary N) is 1. The van der Waals surface area contributed by atoms with E-state index in [4.69, 9.17) is 0 Å². The van der Waals surface area contributed by atoms with Crippen LogP contribution in [0.4, 0.5) is 0 Å². The van der Waals surface area contributed by atoms with Crippen molar-refractivity contribution < 1.29 is 0 Å². The third-order valence-corrected chi connectivity index (χ3v) is 3.45. The monoisotopic (exact) mass is 221 g/mol. The molecule has 16 heavy (non-hydrogen) atoms. The molecule has 1 N–H and O–H groups in total. The van der Waals surface area contributed by atoms with Gasteiger partial charge >= 0.3 is 0 Å². The normalized spacial score (nSPS) is 25.2. The predicted octanol–water partition coefficient (Wildman–Crippen LogP) is 3.59. The first kappa shape index (κ1) is 13.6. The summed E-state index contributed by atoms with van der Waals surface area (Å²) in [5.74, 6) is 7.89. The van der Waals surface area contributed by atoms with E-state index in [9.17, 15) is 0 Å². The van der Waals surface area contributed by atoms with Crippen LogP contribution in [0.1, 0.15) is 59.3 Å². The van der Waals surface area contributed by atoms with Crippen molar-refractivity contribution in [3.05, 3.63) is 0 Å². The summed E-state index contributed by atoms with van der Waals surface area (Å²) in [6, 6.07) is 0.760. The highest BCUT2D eigenvalue weighted by Gasteiger charge is 2.21. The van der Waals surface area contributed by atoms with Gasteiger partial charge in [0, 0.05) is 19.0 Å². The van der Waals surface area contributed by atoms with Crippen LogP contribution in [-0.2, 0) is 0 Å². The minimum absolute atomic E-state index is 0.760. The molecule has 0 bridgehead atoms. The summed E-state index contributed by atoms with van der Waals surface area (Å²) in [6.07, 6.45) is 8.03. The fourth-order valence-corrected chi connectivity index (χ4v) is 2.82. The van der Waals surface area contributed by atoms with Gasteiger partial charge in [-0.3, -0.25) is 0 Å². The van der Waals surface area contributed by atoms with Crippen LogP contribution in [0.5, 0.6) is 0 Å². The Morgan fingerprint density at radius 2 is 2.12 bits per heavy atom. The molecule has 2 unspecified atom stereocenters. The minimum atomic E-state index is 0.760.